The number of carboxylic acid groups (broad SMARTS) is 1. The standard InChI is InChI=1S/C26H32N2O3/c1-17-8-7-11-23(18(17)2)27-15-22-21-13-12-20(31-3)14-24(21)28(25(22)26(29)30)16-19-9-5-4-6-10-19/h4-6,9-10,12-14,17-18,23,27H,7-8,11,15-16H2,1-3H3,(H,29,30)/t17-,18-,23-/m1/s1. The van der Waals surface area contributed by atoms with Crippen molar-refractivity contribution in [3.63, 3.8) is 0 Å². The van der Waals surface area contributed by atoms with Gasteiger partial charge in [-0.05, 0) is 36.0 Å². The summed E-state index contributed by atoms with van der Waals surface area (Å²) in [5, 5.41) is 14.9. The Bertz CT molecular complexity index is 1060. The normalized spacial score (nSPS) is 21.3. The number of aromatic carboxylic acids is 1. The van der Waals surface area contributed by atoms with Gasteiger partial charge in [-0.25, -0.2) is 4.79 Å². The van der Waals surface area contributed by atoms with Crippen molar-refractivity contribution in [2.45, 2.75) is 52.2 Å². The SMILES string of the molecule is COc1ccc2c(CN[C@@H]3CCC[C@@H](C)[C@H]3C)c(C(=O)O)n(Cc3ccccc3)c2c1. The fourth-order valence-electron chi connectivity index (χ4n) is 4.98. The molecule has 0 spiro atoms. The Morgan fingerprint density at radius 1 is 1.16 bits per heavy atom. The molecule has 1 fully saturated rings. The summed E-state index contributed by atoms with van der Waals surface area (Å²) in [4.78, 5) is 12.4. The molecule has 5 nitrogen and oxygen atoms in total. The van der Waals surface area contributed by atoms with E-state index in [1.54, 1.807) is 7.11 Å². The highest BCUT2D eigenvalue weighted by molar-refractivity contribution is 5.98. The van der Waals surface area contributed by atoms with Crippen LogP contribution < -0.4 is 10.1 Å². The van der Waals surface area contributed by atoms with E-state index in [1.807, 2.05) is 53.1 Å². The van der Waals surface area contributed by atoms with Crippen molar-refractivity contribution in [2.24, 2.45) is 11.8 Å². The van der Waals surface area contributed by atoms with Crippen LogP contribution in [0.1, 0.15) is 54.7 Å². The molecule has 4 rings (SSSR count). The molecule has 0 aliphatic heterocycles. The lowest BCUT2D eigenvalue weighted by molar-refractivity contribution is 0.0684. The second-order valence-electron chi connectivity index (χ2n) is 8.84. The number of ether oxygens (including phenoxy) is 1. The van der Waals surface area contributed by atoms with Crippen molar-refractivity contribution in [3.05, 3.63) is 65.4 Å². The summed E-state index contributed by atoms with van der Waals surface area (Å²) in [6, 6.07) is 16.3. The Kier molecular flexibility index (Phi) is 6.33. The maximum absolute atomic E-state index is 12.4. The van der Waals surface area contributed by atoms with Crippen LogP contribution in [0.15, 0.2) is 48.5 Å². The highest BCUT2D eigenvalue weighted by atomic mass is 16.5. The summed E-state index contributed by atoms with van der Waals surface area (Å²) in [7, 11) is 1.64. The first-order chi connectivity index (χ1) is 15.0. The van der Waals surface area contributed by atoms with Crippen LogP contribution in [0, 0.1) is 11.8 Å². The topological polar surface area (TPSA) is 63.5 Å². The molecule has 1 aromatic heterocycles. The zero-order valence-electron chi connectivity index (χ0n) is 18.6. The Morgan fingerprint density at radius 3 is 2.65 bits per heavy atom. The summed E-state index contributed by atoms with van der Waals surface area (Å²) < 4.78 is 7.36. The van der Waals surface area contributed by atoms with Gasteiger partial charge < -0.3 is 19.7 Å². The molecule has 164 valence electrons. The number of benzene rings is 2. The molecule has 3 aromatic rings. The molecule has 31 heavy (non-hydrogen) atoms. The van der Waals surface area contributed by atoms with Crippen molar-refractivity contribution in [3.8, 4) is 5.75 Å². The van der Waals surface area contributed by atoms with E-state index in [0.29, 0.717) is 36.7 Å². The minimum Gasteiger partial charge on any atom is -0.497 e. The largest absolute Gasteiger partial charge is 0.497 e. The van der Waals surface area contributed by atoms with Crippen LogP contribution >= 0.6 is 0 Å². The van der Waals surface area contributed by atoms with Gasteiger partial charge in [-0.15, -0.1) is 0 Å². The maximum Gasteiger partial charge on any atom is 0.352 e. The number of nitrogens with one attached hydrogen (secondary N) is 1. The molecule has 0 amide bonds. The van der Waals surface area contributed by atoms with Crippen LogP contribution in [0.4, 0.5) is 0 Å². The lowest BCUT2D eigenvalue weighted by Gasteiger charge is -2.34. The molecule has 1 aliphatic rings. The van der Waals surface area contributed by atoms with Crippen LogP contribution in [0.5, 0.6) is 5.75 Å². The van der Waals surface area contributed by atoms with E-state index in [-0.39, 0.29) is 0 Å². The molecule has 5 heteroatoms. The second kappa shape index (κ2) is 9.15. The molecule has 1 heterocycles. The van der Waals surface area contributed by atoms with E-state index >= 15 is 0 Å². The van der Waals surface area contributed by atoms with E-state index in [9.17, 15) is 9.90 Å². The monoisotopic (exact) mass is 420 g/mol. The molecule has 2 N–H and O–H groups in total. The first kappa shape index (κ1) is 21.4. The molecule has 1 saturated carbocycles. The minimum absolute atomic E-state index is 0.358. The van der Waals surface area contributed by atoms with Crippen LogP contribution in [0.2, 0.25) is 0 Å². The van der Waals surface area contributed by atoms with Gasteiger partial charge in [-0.1, -0.05) is 57.0 Å². The highest BCUT2D eigenvalue weighted by Crippen LogP contribution is 2.33. The Balaban J connectivity index is 1.76. The van der Waals surface area contributed by atoms with Gasteiger partial charge >= 0.3 is 5.97 Å². The number of carbonyl (C=O) groups is 1. The van der Waals surface area contributed by atoms with Gasteiger partial charge in [0.05, 0.1) is 12.6 Å². The summed E-state index contributed by atoms with van der Waals surface area (Å²) in [6.07, 6.45) is 3.64. The van der Waals surface area contributed by atoms with Crippen molar-refractivity contribution >= 4 is 16.9 Å². The first-order valence-electron chi connectivity index (χ1n) is 11.2. The van der Waals surface area contributed by atoms with Crippen molar-refractivity contribution in [1.29, 1.82) is 0 Å². The zero-order chi connectivity index (χ0) is 22.0. The number of fused-ring (bicyclic) bond motifs is 1. The average molecular weight is 421 g/mol. The molecule has 0 saturated heterocycles. The van der Waals surface area contributed by atoms with Crippen LogP contribution in [0.25, 0.3) is 10.9 Å². The fourth-order valence-corrected chi connectivity index (χ4v) is 4.98. The predicted molar refractivity (Wildman–Crippen MR) is 124 cm³/mol. The Morgan fingerprint density at radius 2 is 1.94 bits per heavy atom. The van der Waals surface area contributed by atoms with E-state index in [4.69, 9.17) is 4.74 Å². The van der Waals surface area contributed by atoms with Crippen LogP contribution in [-0.2, 0) is 13.1 Å². The molecule has 3 atom stereocenters. The van der Waals surface area contributed by atoms with Gasteiger partial charge in [0.25, 0.3) is 0 Å². The van der Waals surface area contributed by atoms with Gasteiger partial charge in [0.2, 0.25) is 0 Å². The third-order valence-electron chi connectivity index (χ3n) is 7.01. The van der Waals surface area contributed by atoms with Gasteiger partial charge in [0, 0.05) is 36.1 Å². The summed E-state index contributed by atoms with van der Waals surface area (Å²) in [5.74, 6) is 1.10. The summed E-state index contributed by atoms with van der Waals surface area (Å²) in [5.41, 5.74) is 3.17. The molecular formula is C26H32N2O3. The van der Waals surface area contributed by atoms with Crippen molar-refractivity contribution < 1.29 is 14.6 Å². The maximum atomic E-state index is 12.4. The number of nitrogens with zero attached hydrogens (tertiary/aromatic N) is 1. The fraction of sp³-hybridized carbons (Fsp3) is 0.423. The Hall–Kier alpha value is -2.79. The molecular weight excluding hydrogens is 388 g/mol. The molecule has 2 aromatic carbocycles. The predicted octanol–water partition coefficient (Wildman–Crippen LogP) is 5.31. The number of hydrogen-bond acceptors (Lipinski definition) is 3. The van der Waals surface area contributed by atoms with E-state index < -0.39 is 5.97 Å². The molecule has 0 unspecified atom stereocenters. The highest BCUT2D eigenvalue weighted by Gasteiger charge is 2.28. The number of carboxylic acids is 1. The van der Waals surface area contributed by atoms with Gasteiger partial charge in [0.1, 0.15) is 11.4 Å². The zero-order valence-corrected chi connectivity index (χ0v) is 18.6. The van der Waals surface area contributed by atoms with Gasteiger partial charge in [0.15, 0.2) is 0 Å². The molecule has 0 radical (unpaired) electrons. The first-order valence-corrected chi connectivity index (χ1v) is 11.2. The van der Waals surface area contributed by atoms with Gasteiger partial charge in [-0.2, -0.15) is 0 Å². The number of rotatable bonds is 7. The smallest absolute Gasteiger partial charge is 0.352 e. The Labute approximate surface area is 184 Å². The lowest BCUT2D eigenvalue weighted by Crippen LogP contribution is -2.40. The van der Waals surface area contributed by atoms with Crippen LogP contribution in [0.3, 0.4) is 0 Å². The number of methoxy groups -OCH3 is 1. The molecule has 0 bridgehead atoms. The van der Waals surface area contributed by atoms with Crippen molar-refractivity contribution in [2.75, 3.05) is 7.11 Å². The molecule has 1 aliphatic carbocycles. The third-order valence-corrected chi connectivity index (χ3v) is 7.01. The number of hydrogen-bond donors (Lipinski definition) is 2. The summed E-state index contributed by atoms with van der Waals surface area (Å²) >= 11 is 0. The average Bonchev–Trinajstić information content (AvgIpc) is 3.08. The minimum atomic E-state index is -0.895. The van der Waals surface area contributed by atoms with E-state index in [0.717, 1.165) is 34.2 Å². The van der Waals surface area contributed by atoms with E-state index in [1.165, 1.54) is 12.8 Å². The van der Waals surface area contributed by atoms with E-state index in [2.05, 4.69) is 19.2 Å². The van der Waals surface area contributed by atoms with Gasteiger partial charge in [-0.3, -0.25) is 0 Å². The number of aromatic nitrogens is 1. The third kappa shape index (κ3) is 4.33. The van der Waals surface area contributed by atoms with Crippen LogP contribution in [-0.4, -0.2) is 28.8 Å². The van der Waals surface area contributed by atoms with Crippen molar-refractivity contribution in [1.82, 2.24) is 9.88 Å². The second-order valence-corrected chi connectivity index (χ2v) is 8.84. The quantitative estimate of drug-likeness (QED) is 0.544. The summed E-state index contributed by atoms with van der Waals surface area (Å²) in [6.45, 7) is 5.68. The lowest BCUT2D eigenvalue weighted by atomic mass is 9.78.